The quantitative estimate of drug-likeness (QED) is 0.823. The van der Waals surface area contributed by atoms with Crippen molar-refractivity contribution >= 4 is 17.6 Å². The third-order valence-corrected chi connectivity index (χ3v) is 5.68. The van der Waals surface area contributed by atoms with Crippen LogP contribution in [0.5, 0.6) is 5.75 Å². The van der Waals surface area contributed by atoms with Gasteiger partial charge >= 0.3 is 6.03 Å². The highest BCUT2D eigenvalue weighted by Gasteiger charge is 2.32. The van der Waals surface area contributed by atoms with E-state index in [-0.39, 0.29) is 24.0 Å². The second kappa shape index (κ2) is 8.73. The maximum atomic E-state index is 12.4. The van der Waals surface area contributed by atoms with Crippen molar-refractivity contribution in [1.29, 1.82) is 0 Å². The molecular formula is C23H28N4O3. The first kappa shape index (κ1) is 20.2. The molecular weight excluding hydrogens is 380 g/mol. The van der Waals surface area contributed by atoms with Crippen LogP contribution in [-0.2, 0) is 4.79 Å². The van der Waals surface area contributed by atoms with Crippen molar-refractivity contribution in [2.75, 3.05) is 31.5 Å². The van der Waals surface area contributed by atoms with E-state index in [1.807, 2.05) is 61.3 Å². The molecule has 0 aliphatic carbocycles. The molecule has 0 radical (unpaired) electrons. The second-order valence-corrected chi connectivity index (χ2v) is 8.31. The van der Waals surface area contributed by atoms with Gasteiger partial charge in [0.2, 0.25) is 5.91 Å². The number of likely N-dealkylation sites (tertiary alicyclic amines) is 2. The molecule has 2 aliphatic heterocycles. The third kappa shape index (κ3) is 4.56. The standard InChI is InChI=1S/C23H28N4O3/c1-16(2)22(28)26-11-9-21(15-26)30-20-7-5-19(6-8-20)25-23(29)27-13-18(14-27)17-4-3-10-24-12-17/h3-8,10,12,16,18,21H,9,11,13-15H2,1-2H3,(H,25,29)/t21-/m1/s1. The van der Waals surface area contributed by atoms with Crippen molar-refractivity contribution in [2.45, 2.75) is 32.3 Å². The molecule has 0 saturated carbocycles. The Hall–Kier alpha value is -3.09. The van der Waals surface area contributed by atoms with Crippen molar-refractivity contribution in [2.24, 2.45) is 5.92 Å². The van der Waals surface area contributed by atoms with Crippen LogP contribution in [0.25, 0.3) is 0 Å². The first-order chi connectivity index (χ1) is 14.5. The smallest absolute Gasteiger partial charge is 0.321 e. The fourth-order valence-corrected chi connectivity index (χ4v) is 3.87. The SMILES string of the molecule is CC(C)C(=O)N1CC[C@@H](Oc2ccc(NC(=O)N3CC(c4cccnc4)C3)cc2)C1. The number of nitrogens with zero attached hydrogens (tertiary/aromatic N) is 3. The minimum atomic E-state index is -0.0950. The molecule has 0 bridgehead atoms. The van der Waals surface area contributed by atoms with Gasteiger partial charge in [-0.3, -0.25) is 9.78 Å². The number of nitrogens with one attached hydrogen (secondary N) is 1. The molecule has 2 aliphatic rings. The number of rotatable bonds is 5. The van der Waals surface area contributed by atoms with Crippen LogP contribution in [0.3, 0.4) is 0 Å². The van der Waals surface area contributed by atoms with Crippen LogP contribution >= 0.6 is 0 Å². The molecule has 4 rings (SSSR count). The Morgan fingerprint density at radius 3 is 2.53 bits per heavy atom. The number of carbonyl (C=O) groups is 2. The number of amides is 3. The first-order valence-electron chi connectivity index (χ1n) is 10.5. The lowest BCUT2D eigenvalue weighted by Gasteiger charge is -2.39. The van der Waals surface area contributed by atoms with Crippen LogP contribution in [0.2, 0.25) is 0 Å². The summed E-state index contributed by atoms with van der Waals surface area (Å²) >= 11 is 0. The van der Waals surface area contributed by atoms with Gasteiger partial charge in [-0.1, -0.05) is 19.9 Å². The van der Waals surface area contributed by atoms with E-state index in [1.165, 1.54) is 5.56 Å². The summed E-state index contributed by atoms with van der Waals surface area (Å²) in [5, 5.41) is 2.93. The Balaban J connectivity index is 1.23. The molecule has 1 atom stereocenters. The molecule has 0 spiro atoms. The summed E-state index contributed by atoms with van der Waals surface area (Å²) in [5.41, 5.74) is 1.91. The lowest BCUT2D eigenvalue weighted by atomic mass is 9.93. The summed E-state index contributed by atoms with van der Waals surface area (Å²) in [6, 6.07) is 11.3. The number of carbonyl (C=O) groups excluding carboxylic acids is 2. The lowest BCUT2D eigenvalue weighted by molar-refractivity contribution is -0.133. The topological polar surface area (TPSA) is 74.8 Å². The normalized spacial score (nSPS) is 19.0. The monoisotopic (exact) mass is 408 g/mol. The highest BCUT2D eigenvalue weighted by molar-refractivity contribution is 5.90. The average Bonchev–Trinajstić information content (AvgIpc) is 3.17. The van der Waals surface area contributed by atoms with E-state index >= 15 is 0 Å². The molecule has 1 aromatic heterocycles. The van der Waals surface area contributed by atoms with Gasteiger partial charge in [0.1, 0.15) is 11.9 Å². The predicted octanol–water partition coefficient (Wildman–Crippen LogP) is 3.35. The first-order valence-corrected chi connectivity index (χ1v) is 10.5. The van der Waals surface area contributed by atoms with E-state index in [9.17, 15) is 9.59 Å². The number of ether oxygens (including phenoxy) is 1. The Kier molecular flexibility index (Phi) is 5.88. The van der Waals surface area contributed by atoms with Gasteiger partial charge in [0.25, 0.3) is 0 Å². The summed E-state index contributed by atoms with van der Waals surface area (Å²) in [5.74, 6) is 1.29. The minimum Gasteiger partial charge on any atom is -0.489 e. The largest absolute Gasteiger partial charge is 0.489 e. The van der Waals surface area contributed by atoms with E-state index < -0.39 is 0 Å². The lowest BCUT2D eigenvalue weighted by Crippen LogP contribution is -2.50. The molecule has 3 heterocycles. The van der Waals surface area contributed by atoms with Crippen molar-refractivity contribution in [3.05, 3.63) is 54.4 Å². The van der Waals surface area contributed by atoms with Crippen LogP contribution < -0.4 is 10.1 Å². The molecule has 2 fully saturated rings. The van der Waals surface area contributed by atoms with Crippen LogP contribution in [0, 0.1) is 5.92 Å². The van der Waals surface area contributed by atoms with E-state index in [2.05, 4.69) is 10.3 Å². The van der Waals surface area contributed by atoms with Gasteiger partial charge in [-0.15, -0.1) is 0 Å². The molecule has 1 aromatic carbocycles. The van der Waals surface area contributed by atoms with E-state index in [1.54, 1.807) is 11.1 Å². The number of hydrogen-bond acceptors (Lipinski definition) is 4. The maximum Gasteiger partial charge on any atom is 0.321 e. The van der Waals surface area contributed by atoms with Crippen LogP contribution in [0.1, 0.15) is 31.7 Å². The van der Waals surface area contributed by atoms with Crippen molar-refractivity contribution in [3.8, 4) is 5.75 Å². The van der Waals surface area contributed by atoms with Gasteiger partial charge in [0, 0.05) is 56.0 Å². The molecule has 7 nitrogen and oxygen atoms in total. The van der Waals surface area contributed by atoms with Crippen molar-refractivity contribution in [3.63, 3.8) is 0 Å². The fourth-order valence-electron chi connectivity index (χ4n) is 3.87. The molecule has 7 heteroatoms. The number of benzene rings is 1. The van der Waals surface area contributed by atoms with Gasteiger partial charge in [-0.25, -0.2) is 4.79 Å². The number of urea groups is 1. The zero-order valence-electron chi connectivity index (χ0n) is 17.5. The summed E-state index contributed by atoms with van der Waals surface area (Å²) in [4.78, 5) is 32.3. The Bertz CT molecular complexity index is 879. The van der Waals surface area contributed by atoms with Crippen molar-refractivity contribution in [1.82, 2.24) is 14.8 Å². The van der Waals surface area contributed by atoms with E-state index in [0.717, 1.165) is 24.4 Å². The van der Waals surface area contributed by atoms with Gasteiger partial charge in [-0.05, 0) is 35.9 Å². The summed E-state index contributed by atoms with van der Waals surface area (Å²) in [6.07, 6.45) is 4.47. The van der Waals surface area contributed by atoms with E-state index in [0.29, 0.717) is 25.6 Å². The fraction of sp³-hybridized carbons (Fsp3) is 0.435. The van der Waals surface area contributed by atoms with Crippen LogP contribution in [0.15, 0.2) is 48.8 Å². The molecule has 2 saturated heterocycles. The number of aromatic nitrogens is 1. The summed E-state index contributed by atoms with van der Waals surface area (Å²) in [7, 11) is 0. The second-order valence-electron chi connectivity index (χ2n) is 8.31. The highest BCUT2D eigenvalue weighted by Crippen LogP contribution is 2.27. The van der Waals surface area contributed by atoms with E-state index in [4.69, 9.17) is 4.74 Å². The Morgan fingerprint density at radius 1 is 1.10 bits per heavy atom. The molecule has 1 N–H and O–H groups in total. The Labute approximate surface area is 177 Å². The Morgan fingerprint density at radius 2 is 1.87 bits per heavy atom. The number of pyridine rings is 1. The van der Waals surface area contributed by atoms with Gasteiger partial charge in [0.15, 0.2) is 0 Å². The number of anilines is 1. The number of hydrogen-bond donors (Lipinski definition) is 1. The van der Waals surface area contributed by atoms with Crippen molar-refractivity contribution < 1.29 is 14.3 Å². The van der Waals surface area contributed by atoms with Gasteiger partial charge in [0.05, 0.1) is 6.54 Å². The summed E-state index contributed by atoms with van der Waals surface area (Å²) in [6.45, 7) is 6.61. The molecule has 2 aromatic rings. The van der Waals surface area contributed by atoms with Gasteiger partial charge in [-0.2, -0.15) is 0 Å². The molecule has 158 valence electrons. The average molecular weight is 409 g/mol. The zero-order chi connectivity index (χ0) is 21.1. The zero-order valence-corrected chi connectivity index (χ0v) is 17.5. The highest BCUT2D eigenvalue weighted by atomic mass is 16.5. The third-order valence-electron chi connectivity index (χ3n) is 5.68. The molecule has 30 heavy (non-hydrogen) atoms. The predicted molar refractivity (Wildman–Crippen MR) is 114 cm³/mol. The molecule has 0 unspecified atom stereocenters. The van der Waals surface area contributed by atoms with Gasteiger partial charge < -0.3 is 19.9 Å². The molecule has 3 amide bonds. The van der Waals surface area contributed by atoms with Crippen LogP contribution in [-0.4, -0.2) is 59.0 Å². The van der Waals surface area contributed by atoms with Crippen LogP contribution in [0.4, 0.5) is 10.5 Å². The maximum absolute atomic E-state index is 12.4. The summed E-state index contributed by atoms with van der Waals surface area (Å²) < 4.78 is 6.02. The minimum absolute atomic E-state index is 0.0118.